The van der Waals surface area contributed by atoms with Crippen LogP contribution >= 0.6 is 0 Å². The Balaban J connectivity index is 1.26. The third kappa shape index (κ3) is 2.93. The first kappa shape index (κ1) is 15.7. The molecule has 5 rings (SSSR count). The minimum absolute atomic E-state index is 0.173. The third-order valence-electron chi connectivity index (χ3n) is 5.69. The standard InChI is InChI=1S/C20H22FN5/c1-12-18(11-23-26-19(8-13-2-3-13)24-25-20(12)26)22-10-15-9-17(15)14-4-6-16(21)7-5-14/h4-7,11,13,15,17,22H,2-3,8-10H2,1H3/t15-,17+/m1/s1. The van der Waals surface area contributed by atoms with Gasteiger partial charge in [-0.2, -0.15) is 9.61 Å². The fraction of sp³-hybridized carbons (Fsp3) is 0.450. The molecule has 0 saturated heterocycles. The second kappa shape index (κ2) is 6.04. The summed E-state index contributed by atoms with van der Waals surface area (Å²) in [5, 5.41) is 16.8. The van der Waals surface area contributed by atoms with Crippen LogP contribution in [0.3, 0.4) is 0 Å². The van der Waals surface area contributed by atoms with Crippen molar-refractivity contribution in [3.63, 3.8) is 0 Å². The van der Waals surface area contributed by atoms with Crippen molar-refractivity contribution in [3.05, 3.63) is 53.2 Å². The van der Waals surface area contributed by atoms with Crippen LogP contribution in [0.2, 0.25) is 0 Å². The molecule has 134 valence electrons. The lowest BCUT2D eigenvalue weighted by atomic mass is 10.1. The fourth-order valence-electron chi connectivity index (χ4n) is 3.72. The van der Waals surface area contributed by atoms with E-state index in [0.29, 0.717) is 11.8 Å². The van der Waals surface area contributed by atoms with Gasteiger partial charge in [0.05, 0.1) is 11.9 Å². The quantitative estimate of drug-likeness (QED) is 0.735. The molecule has 2 saturated carbocycles. The maximum atomic E-state index is 13.1. The number of anilines is 1. The molecule has 2 atom stereocenters. The molecule has 1 N–H and O–H groups in total. The van der Waals surface area contributed by atoms with Crippen LogP contribution < -0.4 is 5.32 Å². The Morgan fingerprint density at radius 1 is 1.19 bits per heavy atom. The molecule has 2 fully saturated rings. The second-order valence-electron chi connectivity index (χ2n) is 7.72. The first-order chi connectivity index (χ1) is 12.7. The number of hydrogen-bond donors (Lipinski definition) is 1. The molecular weight excluding hydrogens is 329 g/mol. The molecule has 0 radical (unpaired) electrons. The van der Waals surface area contributed by atoms with Gasteiger partial charge in [-0.15, -0.1) is 10.2 Å². The van der Waals surface area contributed by atoms with Gasteiger partial charge in [-0.25, -0.2) is 4.39 Å². The van der Waals surface area contributed by atoms with Gasteiger partial charge < -0.3 is 5.32 Å². The van der Waals surface area contributed by atoms with Crippen LogP contribution in [0.4, 0.5) is 10.1 Å². The maximum Gasteiger partial charge on any atom is 0.182 e. The van der Waals surface area contributed by atoms with Crippen molar-refractivity contribution in [3.8, 4) is 0 Å². The Kier molecular flexibility index (Phi) is 3.65. The summed E-state index contributed by atoms with van der Waals surface area (Å²) >= 11 is 0. The highest BCUT2D eigenvalue weighted by molar-refractivity contribution is 5.61. The molecule has 0 bridgehead atoms. The van der Waals surface area contributed by atoms with Crippen LogP contribution in [-0.4, -0.2) is 26.4 Å². The zero-order chi connectivity index (χ0) is 17.7. The van der Waals surface area contributed by atoms with E-state index in [-0.39, 0.29) is 5.82 Å². The number of hydrogen-bond acceptors (Lipinski definition) is 4. The number of nitrogens with zero attached hydrogens (tertiary/aromatic N) is 4. The molecular formula is C20H22FN5. The highest BCUT2D eigenvalue weighted by Crippen LogP contribution is 2.47. The van der Waals surface area contributed by atoms with Crippen LogP contribution in [0.15, 0.2) is 30.5 Å². The van der Waals surface area contributed by atoms with Gasteiger partial charge >= 0.3 is 0 Å². The van der Waals surface area contributed by atoms with E-state index in [9.17, 15) is 4.39 Å². The van der Waals surface area contributed by atoms with Crippen molar-refractivity contribution >= 4 is 11.3 Å². The Morgan fingerprint density at radius 3 is 2.77 bits per heavy atom. The number of aryl methyl sites for hydroxylation is 1. The lowest BCUT2D eigenvalue weighted by molar-refractivity contribution is 0.627. The van der Waals surface area contributed by atoms with Gasteiger partial charge in [0, 0.05) is 18.5 Å². The third-order valence-corrected chi connectivity index (χ3v) is 5.69. The minimum Gasteiger partial charge on any atom is -0.383 e. The van der Waals surface area contributed by atoms with Gasteiger partial charge in [0.25, 0.3) is 0 Å². The molecule has 0 unspecified atom stereocenters. The van der Waals surface area contributed by atoms with Gasteiger partial charge in [0.2, 0.25) is 0 Å². The molecule has 0 amide bonds. The molecule has 3 aromatic rings. The van der Waals surface area contributed by atoms with E-state index in [0.717, 1.165) is 48.0 Å². The largest absolute Gasteiger partial charge is 0.383 e. The number of halogens is 1. The Hall–Kier alpha value is -2.50. The normalized spacial score (nSPS) is 21.9. The van der Waals surface area contributed by atoms with E-state index < -0.39 is 0 Å². The summed E-state index contributed by atoms with van der Waals surface area (Å²) in [6.07, 6.45) is 6.59. The van der Waals surface area contributed by atoms with Crippen molar-refractivity contribution in [2.24, 2.45) is 11.8 Å². The summed E-state index contributed by atoms with van der Waals surface area (Å²) in [7, 11) is 0. The summed E-state index contributed by atoms with van der Waals surface area (Å²) in [6.45, 7) is 2.96. The summed E-state index contributed by atoms with van der Waals surface area (Å²) in [5.74, 6) is 2.67. The predicted molar refractivity (Wildman–Crippen MR) is 97.7 cm³/mol. The van der Waals surface area contributed by atoms with Crippen LogP contribution in [0.5, 0.6) is 0 Å². The molecule has 1 aromatic carbocycles. The molecule has 2 aliphatic rings. The Labute approximate surface area is 151 Å². The van der Waals surface area contributed by atoms with Crippen LogP contribution in [-0.2, 0) is 6.42 Å². The van der Waals surface area contributed by atoms with Gasteiger partial charge in [-0.05, 0) is 61.6 Å². The van der Waals surface area contributed by atoms with Crippen molar-refractivity contribution in [2.45, 2.75) is 38.5 Å². The molecule has 2 heterocycles. The van der Waals surface area contributed by atoms with Gasteiger partial charge in [-0.3, -0.25) is 0 Å². The molecule has 0 spiro atoms. The van der Waals surface area contributed by atoms with E-state index in [2.05, 4.69) is 27.5 Å². The summed E-state index contributed by atoms with van der Waals surface area (Å²) < 4.78 is 14.9. The van der Waals surface area contributed by atoms with Gasteiger partial charge in [0.15, 0.2) is 11.5 Å². The van der Waals surface area contributed by atoms with E-state index in [4.69, 9.17) is 0 Å². The van der Waals surface area contributed by atoms with Crippen LogP contribution in [0.1, 0.15) is 42.1 Å². The summed E-state index contributed by atoms with van der Waals surface area (Å²) in [4.78, 5) is 0. The molecule has 0 aliphatic heterocycles. The summed E-state index contributed by atoms with van der Waals surface area (Å²) in [6, 6.07) is 6.89. The maximum absolute atomic E-state index is 13.1. The molecule has 2 aliphatic carbocycles. The van der Waals surface area contributed by atoms with E-state index in [1.54, 1.807) is 12.1 Å². The molecule has 6 heteroatoms. The van der Waals surface area contributed by atoms with Crippen molar-refractivity contribution in [1.29, 1.82) is 0 Å². The van der Waals surface area contributed by atoms with E-state index in [1.165, 1.54) is 18.4 Å². The number of benzene rings is 1. The molecule has 26 heavy (non-hydrogen) atoms. The van der Waals surface area contributed by atoms with Crippen molar-refractivity contribution in [1.82, 2.24) is 19.8 Å². The Morgan fingerprint density at radius 2 is 2.00 bits per heavy atom. The van der Waals surface area contributed by atoms with Gasteiger partial charge in [-0.1, -0.05) is 12.1 Å². The van der Waals surface area contributed by atoms with Crippen molar-refractivity contribution < 1.29 is 4.39 Å². The zero-order valence-electron chi connectivity index (χ0n) is 14.8. The lowest BCUT2D eigenvalue weighted by Gasteiger charge is -2.10. The smallest absolute Gasteiger partial charge is 0.182 e. The predicted octanol–water partition coefficient (Wildman–Crippen LogP) is 3.74. The van der Waals surface area contributed by atoms with Crippen LogP contribution in [0.25, 0.3) is 5.65 Å². The molecule has 5 nitrogen and oxygen atoms in total. The Bertz CT molecular complexity index is 945. The summed E-state index contributed by atoms with van der Waals surface area (Å²) in [5.41, 5.74) is 4.18. The van der Waals surface area contributed by atoms with Crippen molar-refractivity contribution in [2.75, 3.05) is 11.9 Å². The van der Waals surface area contributed by atoms with E-state index >= 15 is 0 Å². The fourth-order valence-corrected chi connectivity index (χ4v) is 3.72. The van der Waals surface area contributed by atoms with Gasteiger partial charge in [0.1, 0.15) is 5.82 Å². The van der Waals surface area contributed by atoms with E-state index in [1.807, 2.05) is 22.8 Å². The SMILES string of the molecule is Cc1c(NC[C@H]2C[C@H]2c2ccc(F)cc2)cnn2c(CC3CC3)nnc12. The topological polar surface area (TPSA) is 55.1 Å². The second-order valence-corrected chi connectivity index (χ2v) is 7.72. The number of rotatable bonds is 6. The number of nitrogens with one attached hydrogen (secondary N) is 1. The average molecular weight is 351 g/mol. The minimum atomic E-state index is -0.173. The highest BCUT2D eigenvalue weighted by atomic mass is 19.1. The number of aromatic nitrogens is 4. The van der Waals surface area contributed by atoms with Crippen LogP contribution in [0, 0.1) is 24.6 Å². The first-order valence-electron chi connectivity index (χ1n) is 9.38. The highest BCUT2D eigenvalue weighted by Gasteiger charge is 2.38. The average Bonchev–Trinajstić information content (AvgIpc) is 3.55. The zero-order valence-corrected chi connectivity index (χ0v) is 14.8. The lowest BCUT2D eigenvalue weighted by Crippen LogP contribution is -2.09. The first-order valence-corrected chi connectivity index (χ1v) is 9.38. The number of fused-ring (bicyclic) bond motifs is 1. The monoisotopic (exact) mass is 351 g/mol. The molecule has 2 aromatic heterocycles.